The maximum atomic E-state index is 11.3. The van der Waals surface area contributed by atoms with Crippen molar-refractivity contribution in [2.75, 3.05) is 40.8 Å². The zero-order valence-corrected chi connectivity index (χ0v) is 10.0. The molecule has 0 rings (SSSR count). The van der Waals surface area contributed by atoms with E-state index < -0.39 is 0 Å². The zero-order chi connectivity index (χ0) is 11.1. The standard InChI is InChI=1S/C10H23N3O/c1-9(2)11-6-7-13(5)8-10(14)12(3)4/h9,11H,6-8H2,1-5H3. The number of rotatable bonds is 6. The lowest BCUT2D eigenvalue weighted by Crippen LogP contribution is -2.38. The van der Waals surface area contributed by atoms with Gasteiger partial charge in [-0.15, -0.1) is 0 Å². The first kappa shape index (κ1) is 13.4. The summed E-state index contributed by atoms with van der Waals surface area (Å²) < 4.78 is 0. The summed E-state index contributed by atoms with van der Waals surface area (Å²) in [4.78, 5) is 15.0. The molecule has 0 saturated heterocycles. The van der Waals surface area contributed by atoms with Crippen LogP contribution < -0.4 is 5.32 Å². The van der Waals surface area contributed by atoms with Gasteiger partial charge in [0.05, 0.1) is 6.54 Å². The summed E-state index contributed by atoms with van der Waals surface area (Å²) in [6, 6.07) is 0.507. The van der Waals surface area contributed by atoms with Crippen molar-refractivity contribution in [1.82, 2.24) is 15.1 Å². The fourth-order valence-corrected chi connectivity index (χ4v) is 0.995. The molecule has 84 valence electrons. The molecule has 0 fully saturated rings. The highest BCUT2D eigenvalue weighted by Gasteiger charge is 2.07. The van der Waals surface area contributed by atoms with E-state index in [0.29, 0.717) is 12.6 Å². The first-order chi connectivity index (χ1) is 6.43. The summed E-state index contributed by atoms with van der Waals surface area (Å²) in [7, 11) is 5.52. The van der Waals surface area contributed by atoms with Gasteiger partial charge < -0.3 is 10.2 Å². The van der Waals surface area contributed by atoms with Crippen LogP contribution in [0.5, 0.6) is 0 Å². The van der Waals surface area contributed by atoms with Gasteiger partial charge in [0.25, 0.3) is 0 Å². The molecule has 0 aliphatic heterocycles. The van der Waals surface area contributed by atoms with Gasteiger partial charge in [0.2, 0.25) is 5.91 Å². The summed E-state index contributed by atoms with van der Waals surface area (Å²) in [6.07, 6.45) is 0. The molecule has 1 amide bonds. The largest absolute Gasteiger partial charge is 0.348 e. The molecule has 0 bridgehead atoms. The van der Waals surface area contributed by atoms with Crippen molar-refractivity contribution >= 4 is 5.91 Å². The number of carbonyl (C=O) groups is 1. The van der Waals surface area contributed by atoms with E-state index in [2.05, 4.69) is 19.2 Å². The minimum Gasteiger partial charge on any atom is -0.348 e. The zero-order valence-electron chi connectivity index (χ0n) is 10.0. The molecule has 4 heteroatoms. The van der Waals surface area contributed by atoms with E-state index >= 15 is 0 Å². The van der Waals surface area contributed by atoms with Gasteiger partial charge in [-0.1, -0.05) is 13.8 Å². The fraction of sp³-hybridized carbons (Fsp3) is 0.900. The third-order valence-electron chi connectivity index (χ3n) is 1.95. The summed E-state index contributed by atoms with van der Waals surface area (Å²) >= 11 is 0. The average Bonchev–Trinajstić information content (AvgIpc) is 2.02. The van der Waals surface area contributed by atoms with E-state index in [-0.39, 0.29) is 5.91 Å². The SMILES string of the molecule is CC(C)NCCN(C)CC(=O)N(C)C. The fourth-order valence-electron chi connectivity index (χ4n) is 0.995. The van der Waals surface area contributed by atoms with Crippen LogP contribution in [0.2, 0.25) is 0 Å². The number of nitrogens with zero attached hydrogens (tertiary/aromatic N) is 2. The Bertz CT molecular complexity index is 169. The Balaban J connectivity index is 3.55. The van der Waals surface area contributed by atoms with Crippen LogP contribution in [0.3, 0.4) is 0 Å². The second-order valence-electron chi connectivity index (χ2n) is 4.13. The van der Waals surface area contributed by atoms with Crippen LogP contribution >= 0.6 is 0 Å². The van der Waals surface area contributed by atoms with Crippen molar-refractivity contribution in [2.45, 2.75) is 19.9 Å². The summed E-state index contributed by atoms with van der Waals surface area (Å²) in [5.41, 5.74) is 0. The molecular weight excluding hydrogens is 178 g/mol. The Morgan fingerprint density at radius 2 is 1.86 bits per heavy atom. The summed E-state index contributed by atoms with van der Waals surface area (Å²) in [6.45, 7) is 6.55. The van der Waals surface area contributed by atoms with Gasteiger partial charge in [0.1, 0.15) is 0 Å². The van der Waals surface area contributed by atoms with Crippen molar-refractivity contribution in [3.05, 3.63) is 0 Å². The predicted octanol–water partition coefficient (Wildman–Crippen LogP) is 0.00440. The van der Waals surface area contributed by atoms with Gasteiger partial charge in [-0.25, -0.2) is 0 Å². The van der Waals surface area contributed by atoms with Crippen molar-refractivity contribution in [3.63, 3.8) is 0 Å². The van der Waals surface area contributed by atoms with E-state index in [9.17, 15) is 4.79 Å². The monoisotopic (exact) mass is 201 g/mol. The van der Waals surface area contributed by atoms with Crippen LogP contribution in [0.25, 0.3) is 0 Å². The number of amides is 1. The minimum atomic E-state index is 0.150. The lowest BCUT2D eigenvalue weighted by molar-refractivity contribution is -0.129. The number of likely N-dealkylation sites (N-methyl/N-ethyl adjacent to an activating group) is 2. The van der Waals surface area contributed by atoms with Crippen molar-refractivity contribution < 1.29 is 4.79 Å². The Morgan fingerprint density at radius 3 is 2.29 bits per heavy atom. The van der Waals surface area contributed by atoms with Gasteiger partial charge in [0.15, 0.2) is 0 Å². The lowest BCUT2D eigenvalue weighted by atomic mass is 10.4. The van der Waals surface area contributed by atoms with Gasteiger partial charge in [-0.05, 0) is 7.05 Å². The first-order valence-corrected chi connectivity index (χ1v) is 5.05. The second-order valence-corrected chi connectivity index (χ2v) is 4.13. The number of carbonyl (C=O) groups excluding carboxylic acids is 1. The Labute approximate surface area is 87.3 Å². The molecule has 0 aromatic rings. The second kappa shape index (κ2) is 6.79. The summed E-state index contributed by atoms with van der Waals surface area (Å²) in [5, 5.41) is 3.31. The van der Waals surface area contributed by atoms with Gasteiger partial charge in [-0.2, -0.15) is 0 Å². The van der Waals surface area contributed by atoms with E-state index in [1.807, 2.05) is 11.9 Å². The average molecular weight is 201 g/mol. The molecule has 0 aliphatic rings. The first-order valence-electron chi connectivity index (χ1n) is 5.05. The predicted molar refractivity (Wildman–Crippen MR) is 59.3 cm³/mol. The quantitative estimate of drug-likeness (QED) is 0.657. The number of hydrogen-bond acceptors (Lipinski definition) is 3. The van der Waals surface area contributed by atoms with Crippen LogP contribution in [0, 0.1) is 0 Å². The van der Waals surface area contributed by atoms with Crippen LogP contribution in [0.15, 0.2) is 0 Å². The minimum absolute atomic E-state index is 0.150. The Kier molecular flexibility index (Phi) is 6.49. The van der Waals surface area contributed by atoms with Gasteiger partial charge >= 0.3 is 0 Å². The summed E-state index contributed by atoms with van der Waals surface area (Å²) in [5.74, 6) is 0.150. The van der Waals surface area contributed by atoms with Crippen LogP contribution in [0.4, 0.5) is 0 Å². The van der Waals surface area contributed by atoms with E-state index in [1.165, 1.54) is 0 Å². The van der Waals surface area contributed by atoms with Crippen LogP contribution in [-0.4, -0.2) is 62.5 Å². The molecule has 4 nitrogen and oxygen atoms in total. The topological polar surface area (TPSA) is 35.6 Å². The molecular formula is C10H23N3O. The maximum Gasteiger partial charge on any atom is 0.236 e. The van der Waals surface area contributed by atoms with E-state index in [1.54, 1.807) is 19.0 Å². The highest BCUT2D eigenvalue weighted by atomic mass is 16.2. The molecule has 0 radical (unpaired) electrons. The molecule has 0 aromatic heterocycles. The Hall–Kier alpha value is -0.610. The smallest absolute Gasteiger partial charge is 0.236 e. The third kappa shape index (κ3) is 6.86. The van der Waals surface area contributed by atoms with Crippen molar-refractivity contribution in [3.8, 4) is 0 Å². The molecule has 14 heavy (non-hydrogen) atoms. The molecule has 0 unspecified atom stereocenters. The van der Waals surface area contributed by atoms with Crippen LogP contribution in [-0.2, 0) is 4.79 Å². The van der Waals surface area contributed by atoms with Gasteiger partial charge in [-0.3, -0.25) is 9.69 Å². The molecule has 0 saturated carbocycles. The molecule has 0 atom stereocenters. The molecule has 0 aliphatic carbocycles. The Morgan fingerprint density at radius 1 is 1.29 bits per heavy atom. The van der Waals surface area contributed by atoms with Crippen molar-refractivity contribution in [1.29, 1.82) is 0 Å². The number of nitrogens with one attached hydrogen (secondary N) is 1. The van der Waals surface area contributed by atoms with E-state index in [0.717, 1.165) is 13.1 Å². The van der Waals surface area contributed by atoms with Gasteiger partial charge in [0, 0.05) is 33.2 Å². The third-order valence-corrected chi connectivity index (χ3v) is 1.95. The molecule has 1 N–H and O–H groups in total. The van der Waals surface area contributed by atoms with Crippen molar-refractivity contribution in [2.24, 2.45) is 0 Å². The molecule has 0 aromatic carbocycles. The van der Waals surface area contributed by atoms with Crippen LogP contribution in [0.1, 0.15) is 13.8 Å². The highest BCUT2D eigenvalue weighted by Crippen LogP contribution is 1.86. The molecule has 0 spiro atoms. The lowest BCUT2D eigenvalue weighted by Gasteiger charge is -2.19. The highest BCUT2D eigenvalue weighted by molar-refractivity contribution is 5.77. The molecule has 0 heterocycles. The number of hydrogen-bond donors (Lipinski definition) is 1. The van der Waals surface area contributed by atoms with E-state index in [4.69, 9.17) is 0 Å². The normalized spacial score (nSPS) is 11.1. The maximum absolute atomic E-state index is 11.3.